The molecule has 2 aromatic carbocycles. The van der Waals surface area contributed by atoms with E-state index in [1.165, 1.54) is 3.57 Å². The fourth-order valence-electron chi connectivity index (χ4n) is 1.78. The van der Waals surface area contributed by atoms with Crippen LogP contribution in [0, 0.1) is 3.57 Å². The van der Waals surface area contributed by atoms with Crippen molar-refractivity contribution < 1.29 is 0 Å². The first-order valence-electron chi connectivity index (χ1n) is 5.24. The summed E-state index contributed by atoms with van der Waals surface area (Å²) >= 11 is 14.2. The van der Waals surface area contributed by atoms with Gasteiger partial charge in [-0.3, -0.25) is 0 Å². The van der Waals surface area contributed by atoms with E-state index in [-0.39, 0.29) is 0 Å². The Morgan fingerprint density at radius 1 is 1.06 bits per heavy atom. The number of benzene rings is 2. The van der Waals surface area contributed by atoms with E-state index in [1.807, 2.05) is 18.2 Å². The van der Waals surface area contributed by atoms with E-state index >= 15 is 0 Å². The minimum absolute atomic E-state index is 0.518. The van der Waals surface area contributed by atoms with Gasteiger partial charge >= 0.3 is 0 Å². The first kappa shape index (κ1) is 12.3. The second-order valence-electron chi connectivity index (χ2n) is 3.88. The Hall–Kier alpha value is -0.780. The highest BCUT2D eigenvalue weighted by molar-refractivity contribution is 14.1. The maximum atomic E-state index is 5.99. The average Bonchev–Trinajstić information content (AvgIpc) is 2.73. The molecule has 0 spiro atoms. The minimum atomic E-state index is 0.518. The molecule has 3 aromatic rings. The summed E-state index contributed by atoms with van der Waals surface area (Å²) in [6.07, 6.45) is 0. The number of rotatable bonds is 1. The van der Waals surface area contributed by atoms with Gasteiger partial charge in [0.2, 0.25) is 0 Å². The first-order chi connectivity index (χ1) is 8.63. The van der Waals surface area contributed by atoms with Crippen LogP contribution in [0.3, 0.4) is 0 Å². The van der Waals surface area contributed by atoms with Crippen molar-refractivity contribution in [2.45, 2.75) is 0 Å². The van der Waals surface area contributed by atoms with Crippen LogP contribution in [0.25, 0.3) is 22.4 Å². The van der Waals surface area contributed by atoms with E-state index in [2.05, 4.69) is 38.6 Å². The number of imidazole rings is 1. The summed E-state index contributed by atoms with van der Waals surface area (Å²) < 4.78 is 1.17. The van der Waals surface area contributed by atoms with Crippen LogP contribution in [0.4, 0.5) is 0 Å². The minimum Gasteiger partial charge on any atom is -0.338 e. The van der Waals surface area contributed by atoms with Crippen molar-refractivity contribution >= 4 is 56.8 Å². The summed E-state index contributed by atoms with van der Waals surface area (Å²) in [5.74, 6) is 0.821. The predicted octanol–water partition coefficient (Wildman–Crippen LogP) is 5.14. The Morgan fingerprint density at radius 2 is 1.83 bits per heavy atom. The summed E-state index contributed by atoms with van der Waals surface area (Å²) in [5, 5.41) is 1.05. The molecule has 0 aliphatic rings. The Labute approximate surface area is 127 Å². The summed E-state index contributed by atoms with van der Waals surface area (Å²) in [7, 11) is 0. The van der Waals surface area contributed by atoms with Crippen molar-refractivity contribution in [2.75, 3.05) is 0 Å². The fourth-order valence-corrected chi connectivity index (χ4v) is 2.64. The number of hydrogen-bond acceptors (Lipinski definition) is 1. The molecule has 0 fully saturated rings. The zero-order valence-corrected chi connectivity index (χ0v) is 12.7. The van der Waals surface area contributed by atoms with E-state index in [0.29, 0.717) is 10.0 Å². The second-order valence-corrected chi connectivity index (χ2v) is 5.94. The molecule has 0 radical (unpaired) electrons. The summed E-state index contributed by atoms with van der Waals surface area (Å²) in [5.41, 5.74) is 2.75. The molecule has 0 saturated carbocycles. The molecular formula is C13H7Cl2IN2. The molecule has 0 saturated heterocycles. The topological polar surface area (TPSA) is 28.7 Å². The van der Waals surface area contributed by atoms with E-state index in [4.69, 9.17) is 23.2 Å². The molecule has 5 heteroatoms. The Morgan fingerprint density at radius 3 is 2.61 bits per heavy atom. The maximum Gasteiger partial charge on any atom is 0.138 e. The highest BCUT2D eigenvalue weighted by Crippen LogP contribution is 2.29. The maximum absolute atomic E-state index is 5.99. The third-order valence-electron chi connectivity index (χ3n) is 2.62. The summed E-state index contributed by atoms with van der Waals surface area (Å²) in [4.78, 5) is 7.77. The highest BCUT2D eigenvalue weighted by Gasteiger charge is 2.08. The molecule has 2 nitrogen and oxygen atoms in total. The molecule has 1 aromatic heterocycles. The van der Waals surface area contributed by atoms with Crippen LogP contribution < -0.4 is 0 Å². The van der Waals surface area contributed by atoms with Crippen LogP contribution in [-0.2, 0) is 0 Å². The van der Waals surface area contributed by atoms with Crippen molar-refractivity contribution in [3.05, 3.63) is 50.0 Å². The lowest BCUT2D eigenvalue weighted by atomic mass is 10.2. The van der Waals surface area contributed by atoms with Gasteiger partial charge in [0.15, 0.2) is 0 Å². The Bertz CT molecular complexity index is 698. The zero-order valence-electron chi connectivity index (χ0n) is 9.05. The smallest absolute Gasteiger partial charge is 0.138 e. The number of nitrogens with one attached hydrogen (secondary N) is 1. The van der Waals surface area contributed by atoms with Gasteiger partial charge in [-0.1, -0.05) is 35.3 Å². The quantitative estimate of drug-likeness (QED) is 0.574. The molecule has 90 valence electrons. The normalized spacial score (nSPS) is 11.1. The molecule has 3 rings (SSSR count). The molecule has 0 aliphatic heterocycles. The standard InChI is InChI=1S/C13H7Cl2IN2/c14-9-5-11-12(6-10(9)15)18-13(17-11)7-2-1-3-8(16)4-7/h1-6H,(H,17,18). The lowest BCUT2D eigenvalue weighted by molar-refractivity contribution is 1.33. The van der Waals surface area contributed by atoms with Gasteiger partial charge < -0.3 is 4.98 Å². The van der Waals surface area contributed by atoms with Gasteiger partial charge in [-0.2, -0.15) is 0 Å². The number of nitrogens with zero attached hydrogens (tertiary/aromatic N) is 1. The van der Waals surface area contributed by atoms with Gasteiger partial charge in [0.25, 0.3) is 0 Å². The van der Waals surface area contributed by atoms with Gasteiger partial charge in [-0.15, -0.1) is 0 Å². The number of H-pyrrole nitrogens is 1. The van der Waals surface area contributed by atoms with Crippen LogP contribution in [0.1, 0.15) is 0 Å². The molecule has 1 N–H and O–H groups in total. The summed E-state index contributed by atoms with van der Waals surface area (Å²) in [6, 6.07) is 11.7. The molecule has 1 heterocycles. The largest absolute Gasteiger partial charge is 0.338 e. The third-order valence-corrected chi connectivity index (χ3v) is 4.02. The van der Waals surface area contributed by atoms with Gasteiger partial charge in [0, 0.05) is 9.13 Å². The van der Waals surface area contributed by atoms with Crippen LogP contribution in [0.2, 0.25) is 10.0 Å². The van der Waals surface area contributed by atoms with Crippen LogP contribution in [-0.4, -0.2) is 9.97 Å². The van der Waals surface area contributed by atoms with E-state index in [9.17, 15) is 0 Å². The molecule has 0 atom stereocenters. The monoisotopic (exact) mass is 388 g/mol. The number of aromatic amines is 1. The predicted molar refractivity (Wildman–Crippen MR) is 84.3 cm³/mol. The Balaban J connectivity index is 2.19. The lowest BCUT2D eigenvalue weighted by Gasteiger charge is -1.96. The number of hydrogen-bond donors (Lipinski definition) is 1. The van der Waals surface area contributed by atoms with Crippen LogP contribution >= 0.6 is 45.8 Å². The van der Waals surface area contributed by atoms with E-state index in [1.54, 1.807) is 12.1 Å². The summed E-state index contributed by atoms with van der Waals surface area (Å²) in [6.45, 7) is 0. The Kier molecular flexibility index (Phi) is 3.21. The van der Waals surface area contributed by atoms with Gasteiger partial charge in [0.05, 0.1) is 21.1 Å². The van der Waals surface area contributed by atoms with E-state index < -0.39 is 0 Å². The van der Waals surface area contributed by atoms with Crippen molar-refractivity contribution in [3.8, 4) is 11.4 Å². The van der Waals surface area contributed by atoms with Crippen molar-refractivity contribution in [1.82, 2.24) is 9.97 Å². The van der Waals surface area contributed by atoms with Crippen molar-refractivity contribution in [3.63, 3.8) is 0 Å². The van der Waals surface area contributed by atoms with Gasteiger partial charge in [0.1, 0.15) is 5.82 Å². The molecule has 0 bridgehead atoms. The third kappa shape index (κ3) is 2.22. The van der Waals surface area contributed by atoms with Crippen molar-refractivity contribution in [2.24, 2.45) is 0 Å². The van der Waals surface area contributed by atoms with E-state index in [0.717, 1.165) is 22.4 Å². The molecular weight excluding hydrogens is 382 g/mol. The average molecular weight is 389 g/mol. The first-order valence-corrected chi connectivity index (χ1v) is 7.07. The SMILES string of the molecule is Clc1cc2nc(-c3cccc(I)c3)[nH]c2cc1Cl. The van der Waals surface area contributed by atoms with Gasteiger partial charge in [-0.05, 0) is 46.9 Å². The highest BCUT2D eigenvalue weighted by atomic mass is 127. The van der Waals surface area contributed by atoms with Gasteiger partial charge in [-0.25, -0.2) is 4.98 Å². The second kappa shape index (κ2) is 4.72. The number of halogens is 3. The zero-order chi connectivity index (χ0) is 12.7. The van der Waals surface area contributed by atoms with Crippen molar-refractivity contribution in [1.29, 1.82) is 0 Å². The molecule has 0 amide bonds. The molecule has 18 heavy (non-hydrogen) atoms. The fraction of sp³-hybridized carbons (Fsp3) is 0. The lowest BCUT2D eigenvalue weighted by Crippen LogP contribution is -1.80. The molecule has 0 unspecified atom stereocenters. The van der Waals surface area contributed by atoms with Crippen LogP contribution in [0.15, 0.2) is 36.4 Å². The van der Waals surface area contributed by atoms with Crippen LogP contribution in [0.5, 0.6) is 0 Å². The molecule has 0 aliphatic carbocycles. The number of aromatic nitrogens is 2. The number of fused-ring (bicyclic) bond motifs is 1.